The van der Waals surface area contributed by atoms with Gasteiger partial charge in [-0.25, -0.2) is 4.39 Å². The molecule has 0 saturated heterocycles. The second kappa shape index (κ2) is 5.46. The number of methoxy groups -OCH3 is 1. The Morgan fingerprint density at radius 3 is 2.83 bits per heavy atom. The van der Waals surface area contributed by atoms with Gasteiger partial charge in [0, 0.05) is 12.7 Å². The van der Waals surface area contributed by atoms with E-state index in [9.17, 15) is 9.18 Å². The average Bonchev–Trinajstić information content (AvgIpc) is 2.81. The lowest BCUT2D eigenvalue weighted by Crippen LogP contribution is -2.00. The molecule has 0 N–H and O–H groups in total. The van der Waals surface area contributed by atoms with Gasteiger partial charge in [0.15, 0.2) is 5.76 Å². The Labute approximate surface area is 112 Å². The molecule has 0 bridgehead atoms. The minimum atomic E-state index is -0.482. The first-order valence-corrected chi connectivity index (χ1v) is 5.98. The first kappa shape index (κ1) is 13.0. The number of furan rings is 1. The van der Waals surface area contributed by atoms with Crippen molar-refractivity contribution < 1.29 is 18.3 Å². The van der Waals surface area contributed by atoms with Crippen molar-refractivity contribution in [2.45, 2.75) is 6.61 Å². The van der Waals surface area contributed by atoms with Crippen LogP contribution in [0, 0.1) is 5.82 Å². The molecule has 0 amide bonds. The molecule has 94 valence electrons. The van der Waals surface area contributed by atoms with E-state index in [2.05, 4.69) is 15.9 Å². The normalized spacial score (nSPS) is 10.6. The minimum absolute atomic E-state index is 0.170. The number of benzene rings is 1. The molecule has 0 aliphatic carbocycles. The van der Waals surface area contributed by atoms with Crippen LogP contribution in [0.3, 0.4) is 0 Å². The molecule has 0 radical (unpaired) electrons. The molecular formula is C13H10BrFO3. The van der Waals surface area contributed by atoms with Crippen molar-refractivity contribution >= 4 is 21.7 Å². The van der Waals surface area contributed by atoms with E-state index in [4.69, 9.17) is 9.15 Å². The Morgan fingerprint density at radius 2 is 2.17 bits per heavy atom. The third kappa shape index (κ3) is 2.68. The summed E-state index contributed by atoms with van der Waals surface area (Å²) in [5.41, 5.74) is 0.244. The summed E-state index contributed by atoms with van der Waals surface area (Å²) in [6.45, 7) is 0.294. The van der Waals surface area contributed by atoms with Crippen molar-refractivity contribution in [3.05, 3.63) is 57.7 Å². The number of ketones is 1. The van der Waals surface area contributed by atoms with E-state index in [0.29, 0.717) is 16.8 Å². The molecule has 1 aromatic carbocycles. The molecule has 0 aliphatic rings. The number of hydrogen-bond donors (Lipinski definition) is 0. The Morgan fingerprint density at radius 1 is 1.39 bits per heavy atom. The van der Waals surface area contributed by atoms with Crippen molar-refractivity contribution in [2.75, 3.05) is 7.11 Å². The van der Waals surface area contributed by atoms with Gasteiger partial charge in [-0.05, 0) is 46.3 Å². The molecule has 0 unspecified atom stereocenters. The Bertz CT molecular complexity index is 577. The van der Waals surface area contributed by atoms with Crippen LogP contribution in [0.1, 0.15) is 21.9 Å². The number of ether oxygens (including phenoxy) is 1. The van der Waals surface area contributed by atoms with E-state index >= 15 is 0 Å². The second-order valence-corrected chi connectivity index (χ2v) is 4.51. The molecule has 2 rings (SSSR count). The molecule has 1 heterocycles. The zero-order chi connectivity index (χ0) is 13.1. The molecule has 5 heteroatoms. The summed E-state index contributed by atoms with van der Waals surface area (Å²) < 4.78 is 23.8. The van der Waals surface area contributed by atoms with Gasteiger partial charge in [-0.1, -0.05) is 0 Å². The molecule has 0 fully saturated rings. The predicted molar refractivity (Wildman–Crippen MR) is 67.0 cm³/mol. The van der Waals surface area contributed by atoms with Crippen molar-refractivity contribution in [2.24, 2.45) is 0 Å². The van der Waals surface area contributed by atoms with Crippen LogP contribution in [0.2, 0.25) is 0 Å². The van der Waals surface area contributed by atoms with Crippen molar-refractivity contribution in [3.8, 4) is 0 Å². The molecule has 0 aliphatic heterocycles. The van der Waals surface area contributed by atoms with Crippen molar-refractivity contribution in [3.63, 3.8) is 0 Å². The summed E-state index contributed by atoms with van der Waals surface area (Å²) in [6.07, 6.45) is 0. The van der Waals surface area contributed by atoms with Gasteiger partial charge in [-0.15, -0.1) is 0 Å². The fraction of sp³-hybridized carbons (Fsp3) is 0.154. The second-order valence-electron chi connectivity index (χ2n) is 3.66. The first-order chi connectivity index (χ1) is 8.61. The van der Waals surface area contributed by atoms with E-state index < -0.39 is 5.82 Å². The standard InChI is InChI=1S/C13H10BrFO3/c1-17-7-9-3-5-12(18-9)13(16)8-2-4-10(14)11(15)6-8/h2-6H,7H2,1H3. The van der Waals surface area contributed by atoms with E-state index in [1.54, 1.807) is 12.1 Å². The lowest BCUT2D eigenvalue weighted by molar-refractivity contribution is 0.0999. The summed E-state index contributed by atoms with van der Waals surface area (Å²) in [5, 5.41) is 0. The summed E-state index contributed by atoms with van der Waals surface area (Å²) in [5.74, 6) is -0.115. The maximum atomic E-state index is 13.3. The third-order valence-electron chi connectivity index (χ3n) is 2.35. The van der Waals surface area contributed by atoms with Gasteiger partial charge in [-0.3, -0.25) is 4.79 Å². The van der Waals surface area contributed by atoms with E-state index in [1.807, 2.05) is 0 Å². The molecule has 1 aromatic heterocycles. The van der Waals surface area contributed by atoms with Gasteiger partial charge in [0.2, 0.25) is 5.78 Å². The van der Waals surface area contributed by atoms with Crippen LogP contribution in [0.15, 0.2) is 39.2 Å². The monoisotopic (exact) mass is 312 g/mol. The highest BCUT2D eigenvalue weighted by molar-refractivity contribution is 9.10. The topological polar surface area (TPSA) is 39.4 Å². The smallest absolute Gasteiger partial charge is 0.228 e. The highest BCUT2D eigenvalue weighted by atomic mass is 79.9. The van der Waals surface area contributed by atoms with Gasteiger partial charge < -0.3 is 9.15 Å². The number of halogens is 2. The summed E-state index contributed by atoms with van der Waals surface area (Å²) in [4.78, 5) is 12.0. The third-order valence-corrected chi connectivity index (χ3v) is 3.00. The predicted octanol–water partition coefficient (Wildman–Crippen LogP) is 3.56. The molecule has 0 atom stereocenters. The summed E-state index contributed by atoms with van der Waals surface area (Å²) in [7, 11) is 1.54. The van der Waals surface area contributed by atoms with Crippen molar-refractivity contribution in [1.82, 2.24) is 0 Å². The zero-order valence-corrected chi connectivity index (χ0v) is 11.2. The van der Waals surface area contributed by atoms with Crippen LogP contribution in [-0.4, -0.2) is 12.9 Å². The quantitative estimate of drug-likeness (QED) is 0.810. The molecule has 0 saturated carbocycles. The molecule has 3 nitrogen and oxygen atoms in total. The zero-order valence-electron chi connectivity index (χ0n) is 9.57. The largest absolute Gasteiger partial charge is 0.455 e. The van der Waals surface area contributed by atoms with E-state index in [0.717, 1.165) is 0 Å². The average molecular weight is 313 g/mol. The van der Waals surface area contributed by atoms with Crippen LogP contribution in [0.25, 0.3) is 0 Å². The van der Waals surface area contributed by atoms with Gasteiger partial charge in [0.1, 0.15) is 18.2 Å². The molecule has 2 aromatic rings. The fourth-order valence-corrected chi connectivity index (χ4v) is 1.75. The molecular weight excluding hydrogens is 303 g/mol. The maximum absolute atomic E-state index is 13.3. The highest BCUT2D eigenvalue weighted by Crippen LogP contribution is 2.19. The van der Waals surface area contributed by atoms with Gasteiger partial charge >= 0.3 is 0 Å². The van der Waals surface area contributed by atoms with Gasteiger partial charge in [0.25, 0.3) is 0 Å². The summed E-state index contributed by atoms with van der Waals surface area (Å²) >= 11 is 3.03. The molecule has 0 spiro atoms. The van der Waals surface area contributed by atoms with Gasteiger partial charge in [0.05, 0.1) is 4.47 Å². The SMILES string of the molecule is COCc1ccc(C(=O)c2ccc(Br)c(F)c2)o1. The maximum Gasteiger partial charge on any atom is 0.228 e. The fourth-order valence-electron chi connectivity index (χ4n) is 1.50. The lowest BCUT2D eigenvalue weighted by Gasteiger charge is -2.00. The van der Waals surface area contributed by atoms with Crippen LogP contribution in [-0.2, 0) is 11.3 Å². The van der Waals surface area contributed by atoms with Gasteiger partial charge in [-0.2, -0.15) is 0 Å². The van der Waals surface area contributed by atoms with Crippen LogP contribution < -0.4 is 0 Å². The minimum Gasteiger partial charge on any atom is -0.455 e. The first-order valence-electron chi connectivity index (χ1n) is 5.19. The van der Waals surface area contributed by atoms with Crippen LogP contribution in [0.4, 0.5) is 4.39 Å². The Hall–Kier alpha value is -1.46. The molecule has 18 heavy (non-hydrogen) atoms. The number of carbonyl (C=O) groups excluding carboxylic acids is 1. The number of hydrogen-bond acceptors (Lipinski definition) is 3. The number of carbonyl (C=O) groups is 1. The van der Waals surface area contributed by atoms with Crippen LogP contribution in [0.5, 0.6) is 0 Å². The number of rotatable bonds is 4. The van der Waals surface area contributed by atoms with Crippen LogP contribution >= 0.6 is 15.9 Å². The van der Waals surface area contributed by atoms with Crippen molar-refractivity contribution in [1.29, 1.82) is 0 Å². The Kier molecular flexibility index (Phi) is 3.93. The lowest BCUT2D eigenvalue weighted by atomic mass is 10.1. The highest BCUT2D eigenvalue weighted by Gasteiger charge is 2.15. The van der Waals surface area contributed by atoms with E-state index in [-0.39, 0.29) is 17.1 Å². The Balaban J connectivity index is 2.26. The van der Waals surface area contributed by atoms with E-state index in [1.165, 1.54) is 25.3 Å². The summed E-state index contributed by atoms with van der Waals surface area (Å²) in [6, 6.07) is 7.41.